The molecule has 0 aromatic heterocycles. The molecule has 0 bridgehead atoms. The van der Waals surface area contributed by atoms with Crippen molar-refractivity contribution in [2.45, 2.75) is 9.79 Å². The number of carbonyl (C=O) groups is 4. The van der Waals surface area contributed by atoms with Gasteiger partial charge in [0, 0.05) is 20.9 Å². The van der Waals surface area contributed by atoms with E-state index in [-0.39, 0.29) is 23.7 Å². The topological polar surface area (TPSA) is 68.3 Å². The Hall–Kier alpha value is -4.09. The second-order valence-electron chi connectivity index (χ2n) is 7.22. The predicted molar refractivity (Wildman–Crippen MR) is 129 cm³/mol. The molecule has 4 nitrogen and oxygen atoms in total. The molecule has 0 aliphatic carbocycles. The number of rotatable bonds is 8. The van der Waals surface area contributed by atoms with Crippen LogP contribution in [0.15, 0.2) is 107 Å². The highest BCUT2D eigenvalue weighted by Gasteiger charge is 2.18. The van der Waals surface area contributed by atoms with Gasteiger partial charge in [0.1, 0.15) is 0 Å². The molecule has 0 aliphatic rings. The maximum atomic E-state index is 12.4. The highest BCUT2D eigenvalue weighted by Crippen LogP contribution is 2.37. The molecule has 0 spiro atoms. The van der Waals surface area contributed by atoms with Crippen molar-refractivity contribution < 1.29 is 19.2 Å². The Labute approximate surface area is 195 Å². The average Bonchev–Trinajstić information content (AvgIpc) is 2.89. The molecule has 0 fully saturated rings. The summed E-state index contributed by atoms with van der Waals surface area (Å²) in [5.74, 6) is -1.31. The van der Waals surface area contributed by atoms with Gasteiger partial charge >= 0.3 is 0 Å². The largest absolute Gasteiger partial charge is 0.294 e. The van der Waals surface area contributed by atoms with Crippen LogP contribution in [0.1, 0.15) is 20.7 Å². The van der Waals surface area contributed by atoms with E-state index in [4.69, 9.17) is 0 Å². The fourth-order valence-corrected chi connectivity index (χ4v) is 4.54. The lowest BCUT2D eigenvalue weighted by Crippen LogP contribution is -2.05. The lowest BCUT2D eigenvalue weighted by molar-refractivity contribution is -0.105. The first-order valence-corrected chi connectivity index (χ1v) is 11.0. The number of carbonyl (C=O) groups excluding carboxylic acids is 4. The minimum Gasteiger partial charge on any atom is -0.294 e. The van der Waals surface area contributed by atoms with Gasteiger partial charge in [-0.3, -0.25) is 19.2 Å². The van der Waals surface area contributed by atoms with E-state index in [0.29, 0.717) is 9.79 Å². The number of benzene rings is 4. The molecule has 0 heterocycles. The van der Waals surface area contributed by atoms with Gasteiger partial charge in [0.25, 0.3) is 0 Å². The number of Topliss-reactive ketones (excluding diaryl/α,β-unsaturated/α-hetero) is 2. The Morgan fingerprint density at radius 1 is 0.515 bits per heavy atom. The molecule has 0 radical (unpaired) electrons. The van der Waals surface area contributed by atoms with Crippen LogP contribution in [0.25, 0.3) is 22.3 Å². The molecule has 33 heavy (non-hydrogen) atoms. The molecule has 0 saturated carbocycles. The van der Waals surface area contributed by atoms with Crippen molar-refractivity contribution in [3.8, 4) is 22.3 Å². The minimum atomic E-state index is -0.653. The maximum absolute atomic E-state index is 12.4. The third kappa shape index (κ3) is 4.89. The summed E-state index contributed by atoms with van der Waals surface area (Å²) in [6.45, 7) is 0. The molecule has 4 aromatic rings. The van der Waals surface area contributed by atoms with Gasteiger partial charge < -0.3 is 0 Å². The Morgan fingerprint density at radius 3 is 1.27 bits per heavy atom. The Bertz CT molecular complexity index is 1240. The zero-order chi connectivity index (χ0) is 23.2. The SMILES string of the molecule is O=CC(=O)c1cc(-c2ccccc2)ccc1Sc1ccc(-c2ccccc2)cc1C(=O)C=O. The number of hydrogen-bond acceptors (Lipinski definition) is 5. The first kappa shape index (κ1) is 22.1. The molecule has 0 amide bonds. The van der Waals surface area contributed by atoms with Crippen LogP contribution in [-0.4, -0.2) is 24.1 Å². The fraction of sp³-hybridized carbons (Fsp3) is 0. The summed E-state index contributed by atoms with van der Waals surface area (Å²) < 4.78 is 0. The molecule has 0 saturated heterocycles. The summed E-state index contributed by atoms with van der Waals surface area (Å²) in [6, 6.07) is 29.6. The van der Waals surface area contributed by atoms with Crippen molar-refractivity contribution in [1.29, 1.82) is 0 Å². The van der Waals surface area contributed by atoms with Crippen molar-refractivity contribution in [2.24, 2.45) is 0 Å². The van der Waals surface area contributed by atoms with Crippen LogP contribution in [0.4, 0.5) is 0 Å². The maximum Gasteiger partial charge on any atom is 0.226 e. The summed E-state index contributed by atoms with van der Waals surface area (Å²) in [5.41, 5.74) is 3.92. The molecular weight excluding hydrogens is 432 g/mol. The smallest absolute Gasteiger partial charge is 0.226 e. The first-order valence-electron chi connectivity index (χ1n) is 10.2. The van der Waals surface area contributed by atoms with E-state index in [0.717, 1.165) is 22.3 Å². The van der Waals surface area contributed by atoms with Gasteiger partial charge in [0.2, 0.25) is 11.6 Å². The van der Waals surface area contributed by atoms with Gasteiger partial charge in [0.15, 0.2) is 12.6 Å². The van der Waals surface area contributed by atoms with Crippen molar-refractivity contribution in [1.82, 2.24) is 0 Å². The quantitative estimate of drug-likeness (QED) is 0.189. The Kier molecular flexibility index (Phi) is 6.72. The lowest BCUT2D eigenvalue weighted by Gasteiger charge is -2.13. The number of hydrogen-bond donors (Lipinski definition) is 0. The standard InChI is InChI=1S/C28H18O4S/c29-17-25(31)23-15-21(19-7-3-1-4-8-19)11-13-27(23)33-28-14-12-22(16-24(28)26(32)18-30)20-9-5-2-6-10-20/h1-18H. The number of aldehydes is 2. The number of ketones is 2. The zero-order valence-electron chi connectivity index (χ0n) is 17.4. The molecule has 4 aromatic carbocycles. The summed E-state index contributed by atoms with van der Waals surface area (Å²) in [5, 5.41) is 0. The van der Waals surface area contributed by atoms with Crippen LogP contribution in [0, 0.1) is 0 Å². The summed E-state index contributed by atoms with van der Waals surface area (Å²) in [4.78, 5) is 48.5. The van der Waals surface area contributed by atoms with E-state index in [1.165, 1.54) is 11.8 Å². The third-order valence-corrected chi connectivity index (χ3v) is 6.29. The van der Waals surface area contributed by atoms with Gasteiger partial charge in [-0.15, -0.1) is 0 Å². The van der Waals surface area contributed by atoms with Gasteiger partial charge in [-0.25, -0.2) is 0 Å². The minimum absolute atomic E-state index is 0.244. The predicted octanol–water partition coefficient (Wildman–Crippen LogP) is 5.94. The molecule has 160 valence electrons. The molecule has 4 rings (SSSR count). The molecule has 0 unspecified atom stereocenters. The Morgan fingerprint density at radius 2 is 0.909 bits per heavy atom. The van der Waals surface area contributed by atoms with E-state index >= 15 is 0 Å². The summed E-state index contributed by atoms with van der Waals surface area (Å²) in [6.07, 6.45) is 0.564. The Balaban J connectivity index is 1.77. The zero-order valence-corrected chi connectivity index (χ0v) is 18.3. The van der Waals surface area contributed by atoms with Crippen molar-refractivity contribution in [3.63, 3.8) is 0 Å². The second kappa shape index (κ2) is 10.0. The van der Waals surface area contributed by atoms with E-state index in [9.17, 15) is 19.2 Å². The normalized spacial score (nSPS) is 10.4. The molecule has 0 N–H and O–H groups in total. The van der Waals surface area contributed by atoms with E-state index in [1.807, 2.05) is 72.8 Å². The first-order chi connectivity index (χ1) is 16.1. The van der Waals surface area contributed by atoms with Gasteiger partial charge in [-0.1, -0.05) is 84.6 Å². The lowest BCUT2D eigenvalue weighted by atomic mass is 10.0. The summed E-state index contributed by atoms with van der Waals surface area (Å²) in [7, 11) is 0. The van der Waals surface area contributed by atoms with Crippen LogP contribution in [0.2, 0.25) is 0 Å². The molecular formula is C28H18O4S. The van der Waals surface area contributed by atoms with E-state index < -0.39 is 11.6 Å². The molecule has 0 atom stereocenters. The molecule has 0 aliphatic heterocycles. The highest BCUT2D eigenvalue weighted by molar-refractivity contribution is 7.99. The van der Waals surface area contributed by atoms with E-state index in [2.05, 4.69) is 0 Å². The average molecular weight is 451 g/mol. The second-order valence-corrected chi connectivity index (χ2v) is 8.30. The third-order valence-electron chi connectivity index (χ3n) is 5.14. The van der Waals surface area contributed by atoms with Gasteiger partial charge in [-0.2, -0.15) is 0 Å². The van der Waals surface area contributed by atoms with Crippen molar-refractivity contribution >= 4 is 35.9 Å². The monoisotopic (exact) mass is 450 g/mol. The van der Waals surface area contributed by atoms with E-state index in [1.54, 1.807) is 24.3 Å². The van der Waals surface area contributed by atoms with Gasteiger partial charge in [0.05, 0.1) is 0 Å². The molecule has 5 heteroatoms. The van der Waals surface area contributed by atoms with Crippen LogP contribution in [0.5, 0.6) is 0 Å². The van der Waals surface area contributed by atoms with Crippen molar-refractivity contribution in [2.75, 3.05) is 0 Å². The summed E-state index contributed by atoms with van der Waals surface area (Å²) >= 11 is 1.18. The van der Waals surface area contributed by atoms with Crippen LogP contribution >= 0.6 is 11.8 Å². The van der Waals surface area contributed by atoms with Crippen LogP contribution in [0.3, 0.4) is 0 Å². The van der Waals surface area contributed by atoms with Crippen LogP contribution in [-0.2, 0) is 9.59 Å². The van der Waals surface area contributed by atoms with Crippen molar-refractivity contribution in [3.05, 3.63) is 108 Å². The highest BCUT2D eigenvalue weighted by atomic mass is 32.2. The van der Waals surface area contributed by atoms with Gasteiger partial charge in [-0.05, 0) is 46.5 Å². The van der Waals surface area contributed by atoms with Crippen LogP contribution < -0.4 is 0 Å². The fourth-order valence-electron chi connectivity index (χ4n) is 3.49.